The van der Waals surface area contributed by atoms with Gasteiger partial charge in [0.2, 0.25) is 5.95 Å². The molecule has 0 saturated carbocycles. The number of aromatic nitrogens is 2. The van der Waals surface area contributed by atoms with Gasteiger partial charge in [-0.05, 0) is 19.1 Å². The van der Waals surface area contributed by atoms with Crippen LogP contribution in [0, 0.1) is 12.7 Å². The number of sulfonamides is 1. The van der Waals surface area contributed by atoms with Gasteiger partial charge in [-0.1, -0.05) is 6.07 Å². The smallest absolute Gasteiger partial charge is 0.264 e. The van der Waals surface area contributed by atoms with E-state index in [-0.39, 0.29) is 22.1 Å². The minimum absolute atomic E-state index is 0.0888. The van der Waals surface area contributed by atoms with Crippen molar-refractivity contribution < 1.29 is 12.8 Å². The molecule has 1 aromatic heterocycles. The molecule has 20 heavy (non-hydrogen) atoms. The van der Waals surface area contributed by atoms with Crippen LogP contribution in [0.3, 0.4) is 0 Å². The lowest BCUT2D eigenvalue weighted by Crippen LogP contribution is -2.16. The zero-order chi connectivity index (χ0) is 14.8. The molecule has 0 aliphatic rings. The first kappa shape index (κ1) is 14.2. The summed E-state index contributed by atoms with van der Waals surface area (Å²) in [5.41, 5.74) is 2.55. The molecule has 1 heterocycles. The van der Waals surface area contributed by atoms with Gasteiger partial charge in [-0.2, -0.15) is 0 Å². The van der Waals surface area contributed by atoms with Crippen LogP contribution in [0.15, 0.2) is 35.5 Å². The summed E-state index contributed by atoms with van der Waals surface area (Å²) in [5.74, 6) is 4.68. The molecule has 0 atom stereocenters. The van der Waals surface area contributed by atoms with Gasteiger partial charge in [0.1, 0.15) is 10.7 Å². The summed E-state index contributed by atoms with van der Waals surface area (Å²) in [7, 11) is -3.89. The molecule has 1 aromatic carbocycles. The predicted octanol–water partition coefficient (Wildman–Crippen LogP) is 1.01. The van der Waals surface area contributed by atoms with Crippen molar-refractivity contribution in [2.45, 2.75) is 11.8 Å². The van der Waals surface area contributed by atoms with Crippen LogP contribution in [0.5, 0.6) is 0 Å². The number of benzene rings is 1. The van der Waals surface area contributed by atoms with E-state index in [1.54, 1.807) is 0 Å². The first-order valence-corrected chi connectivity index (χ1v) is 6.99. The second-order valence-corrected chi connectivity index (χ2v) is 5.59. The van der Waals surface area contributed by atoms with Gasteiger partial charge >= 0.3 is 0 Å². The molecule has 0 aliphatic heterocycles. The fourth-order valence-electron chi connectivity index (χ4n) is 1.45. The van der Waals surface area contributed by atoms with Gasteiger partial charge in [0.05, 0.1) is 18.1 Å². The number of hydrogen-bond donors (Lipinski definition) is 3. The number of hydrogen-bond acceptors (Lipinski definition) is 6. The van der Waals surface area contributed by atoms with Crippen LogP contribution in [0.2, 0.25) is 0 Å². The fraction of sp³-hybridized carbons (Fsp3) is 0.0909. The lowest BCUT2D eigenvalue weighted by atomic mass is 10.2. The maximum atomic E-state index is 13.4. The van der Waals surface area contributed by atoms with E-state index in [2.05, 4.69) is 20.1 Å². The molecule has 2 aromatic rings. The number of rotatable bonds is 4. The average Bonchev–Trinajstić information content (AvgIpc) is 2.44. The minimum atomic E-state index is -3.89. The molecule has 0 bridgehead atoms. The molecule has 0 saturated heterocycles. The van der Waals surface area contributed by atoms with Gasteiger partial charge in [0, 0.05) is 5.56 Å². The summed E-state index contributed by atoms with van der Waals surface area (Å²) in [6.07, 6.45) is 2.19. The van der Waals surface area contributed by atoms with Gasteiger partial charge < -0.3 is 0 Å². The number of nitrogens with two attached hydrogens (primary N) is 1. The SMILES string of the molecule is Cc1c(F)cccc1NS(=O)(=O)c1cnc(NN)nc1. The summed E-state index contributed by atoms with van der Waals surface area (Å²) in [5, 5.41) is 0. The Morgan fingerprint density at radius 3 is 2.50 bits per heavy atom. The molecule has 0 radical (unpaired) electrons. The molecule has 0 unspecified atom stereocenters. The first-order valence-electron chi connectivity index (χ1n) is 5.50. The Morgan fingerprint density at radius 2 is 1.90 bits per heavy atom. The summed E-state index contributed by atoms with van der Waals surface area (Å²) in [6, 6.07) is 4.13. The van der Waals surface area contributed by atoms with E-state index in [0.717, 1.165) is 12.4 Å². The highest BCUT2D eigenvalue weighted by Gasteiger charge is 2.17. The van der Waals surface area contributed by atoms with E-state index in [0.29, 0.717) is 0 Å². The zero-order valence-electron chi connectivity index (χ0n) is 10.5. The number of halogens is 1. The highest BCUT2D eigenvalue weighted by atomic mass is 32.2. The third kappa shape index (κ3) is 2.83. The van der Waals surface area contributed by atoms with Crippen LogP contribution in [-0.2, 0) is 10.0 Å². The largest absolute Gasteiger partial charge is 0.292 e. The van der Waals surface area contributed by atoms with Gasteiger partial charge in [0.25, 0.3) is 10.0 Å². The molecule has 9 heteroatoms. The van der Waals surface area contributed by atoms with Crippen molar-refractivity contribution in [3.05, 3.63) is 42.0 Å². The lowest BCUT2D eigenvalue weighted by Gasteiger charge is -2.10. The molecular formula is C11H12FN5O2S. The molecular weight excluding hydrogens is 285 g/mol. The van der Waals surface area contributed by atoms with Gasteiger partial charge in [0.15, 0.2) is 0 Å². The molecule has 0 spiro atoms. The Labute approximate surface area is 115 Å². The Balaban J connectivity index is 2.33. The van der Waals surface area contributed by atoms with E-state index < -0.39 is 15.8 Å². The third-order valence-corrected chi connectivity index (χ3v) is 3.90. The topological polar surface area (TPSA) is 110 Å². The van der Waals surface area contributed by atoms with Crippen LogP contribution >= 0.6 is 0 Å². The van der Waals surface area contributed by atoms with E-state index in [1.807, 2.05) is 0 Å². The van der Waals surface area contributed by atoms with Crippen molar-refractivity contribution in [3.8, 4) is 0 Å². The Hall–Kier alpha value is -2.26. The van der Waals surface area contributed by atoms with Crippen LogP contribution < -0.4 is 16.0 Å². The Bertz CT molecular complexity index is 718. The monoisotopic (exact) mass is 297 g/mol. The number of nitrogens with one attached hydrogen (secondary N) is 2. The highest BCUT2D eigenvalue weighted by Crippen LogP contribution is 2.21. The molecule has 2 rings (SSSR count). The number of hydrazine groups is 1. The second-order valence-electron chi connectivity index (χ2n) is 3.90. The summed E-state index contributed by atoms with van der Waals surface area (Å²) < 4.78 is 39.9. The maximum absolute atomic E-state index is 13.4. The van der Waals surface area contributed by atoms with Crippen molar-refractivity contribution in [1.29, 1.82) is 0 Å². The molecule has 0 amide bonds. The Kier molecular flexibility index (Phi) is 3.81. The summed E-state index contributed by atoms with van der Waals surface area (Å²) in [4.78, 5) is 7.26. The van der Waals surface area contributed by atoms with E-state index in [9.17, 15) is 12.8 Å². The van der Waals surface area contributed by atoms with Crippen LogP contribution in [0.1, 0.15) is 5.56 Å². The third-order valence-electron chi connectivity index (χ3n) is 2.58. The van der Waals surface area contributed by atoms with Crippen molar-refractivity contribution >= 4 is 21.7 Å². The molecule has 0 fully saturated rings. The number of anilines is 2. The van der Waals surface area contributed by atoms with Crippen molar-refractivity contribution in [2.24, 2.45) is 5.84 Å². The van der Waals surface area contributed by atoms with E-state index in [4.69, 9.17) is 5.84 Å². The normalized spacial score (nSPS) is 11.2. The molecule has 106 valence electrons. The molecule has 4 N–H and O–H groups in total. The molecule has 0 aliphatic carbocycles. The van der Waals surface area contributed by atoms with E-state index >= 15 is 0 Å². The maximum Gasteiger partial charge on any atom is 0.264 e. The quantitative estimate of drug-likeness (QED) is 0.574. The van der Waals surface area contributed by atoms with Gasteiger partial charge in [-0.3, -0.25) is 10.1 Å². The first-order chi connectivity index (χ1) is 9.44. The predicted molar refractivity (Wildman–Crippen MR) is 71.8 cm³/mol. The van der Waals surface area contributed by atoms with Crippen molar-refractivity contribution in [1.82, 2.24) is 9.97 Å². The number of nitrogens with zero attached hydrogens (tertiary/aromatic N) is 2. The van der Waals surface area contributed by atoms with Crippen LogP contribution in [0.25, 0.3) is 0 Å². The lowest BCUT2D eigenvalue weighted by molar-refractivity contribution is 0.600. The van der Waals surface area contributed by atoms with Crippen LogP contribution in [-0.4, -0.2) is 18.4 Å². The Morgan fingerprint density at radius 1 is 1.25 bits per heavy atom. The molecule has 7 nitrogen and oxygen atoms in total. The van der Waals surface area contributed by atoms with Gasteiger partial charge in [-0.25, -0.2) is 28.6 Å². The fourth-order valence-corrected chi connectivity index (χ4v) is 2.46. The van der Waals surface area contributed by atoms with Crippen molar-refractivity contribution in [3.63, 3.8) is 0 Å². The standard InChI is InChI=1S/C11H12FN5O2S/c1-7-9(12)3-2-4-10(7)17-20(18,19)8-5-14-11(16-13)15-6-8/h2-6,17H,13H2,1H3,(H,14,15,16). The van der Waals surface area contributed by atoms with Gasteiger partial charge in [-0.15, -0.1) is 0 Å². The zero-order valence-corrected chi connectivity index (χ0v) is 11.3. The van der Waals surface area contributed by atoms with Crippen LogP contribution in [0.4, 0.5) is 16.0 Å². The number of nitrogen functional groups attached to an aromatic ring is 1. The minimum Gasteiger partial charge on any atom is -0.292 e. The summed E-state index contributed by atoms with van der Waals surface area (Å²) >= 11 is 0. The summed E-state index contributed by atoms with van der Waals surface area (Å²) in [6.45, 7) is 1.48. The second kappa shape index (κ2) is 5.39. The average molecular weight is 297 g/mol. The highest BCUT2D eigenvalue weighted by molar-refractivity contribution is 7.92. The van der Waals surface area contributed by atoms with E-state index in [1.165, 1.54) is 25.1 Å². The van der Waals surface area contributed by atoms with Crippen molar-refractivity contribution in [2.75, 3.05) is 10.1 Å².